The van der Waals surface area contributed by atoms with Crippen LogP contribution in [0.25, 0.3) is 0 Å². The van der Waals surface area contributed by atoms with Crippen molar-refractivity contribution in [2.45, 2.75) is 161 Å². The predicted octanol–water partition coefficient (Wildman–Crippen LogP) is 10.4. The van der Waals surface area contributed by atoms with Crippen molar-refractivity contribution in [3.05, 3.63) is 60.8 Å². The van der Waals surface area contributed by atoms with E-state index in [0.29, 0.717) is 13.0 Å². The molecule has 0 radical (unpaired) electrons. The molecule has 0 spiro atoms. The van der Waals surface area contributed by atoms with Crippen LogP contribution in [0, 0.1) is 0 Å². The lowest BCUT2D eigenvalue weighted by molar-refractivity contribution is -0.154. The zero-order valence-electron chi connectivity index (χ0n) is 32.1. The summed E-state index contributed by atoms with van der Waals surface area (Å²) >= 11 is 0. The Labute approximate surface area is 310 Å². The van der Waals surface area contributed by atoms with E-state index in [-0.39, 0.29) is 13.0 Å². The molecule has 3 N–H and O–H groups in total. The number of aliphatic hydroxyl groups is 2. The Bertz CT molecular complexity index is 976. The van der Waals surface area contributed by atoms with Crippen LogP contribution in [0.2, 0.25) is 0 Å². The summed E-state index contributed by atoms with van der Waals surface area (Å²) in [5, 5.41) is 18.3. The zero-order valence-corrected chi connectivity index (χ0v) is 32.9. The number of ether oxygens (including phenoxy) is 2. The highest BCUT2D eigenvalue weighted by atomic mass is 31.2. The lowest BCUT2D eigenvalue weighted by atomic mass is 10.1. The first-order chi connectivity index (χ1) is 24.8. The molecule has 0 aromatic rings. The highest BCUT2D eigenvalue weighted by Crippen LogP contribution is 2.43. The van der Waals surface area contributed by atoms with Gasteiger partial charge in [-0.1, -0.05) is 132 Å². The molecule has 0 bridgehead atoms. The van der Waals surface area contributed by atoms with E-state index in [4.69, 9.17) is 23.6 Å². The topological polar surface area (TPSA) is 132 Å². The van der Waals surface area contributed by atoms with Crippen LogP contribution in [0.3, 0.4) is 0 Å². The zero-order chi connectivity index (χ0) is 37.5. The fourth-order valence-corrected chi connectivity index (χ4v) is 5.70. The summed E-state index contributed by atoms with van der Waals surface area (Å²) in [7, 11) is -4.52. The van der Waals surface area contributed by atoms with Crippen LogP contribution in [0.15, 0.2) is 60.8 Å². The molecule has 10 heteroatoms. The van der Waals surface area contributed by atoms with E-state index in [1.807, 2.05) is 0 Å². The number of allylic oxidation sites excluding steroid dienone is 10. The average molecular weight is 741 g/mol. The summed E-state index contributed by atoms with van der Waals surface area (Å²) in [6, 6.07) is 0. The lowest BCUT2D eigenvalue weighted by Gasteiger charge is -2.20. The second kappa shape index (κ2) is 37.9. The monoisotopic (exact) mass is 740 g/mol. The number of carbonyl (C=O) groups is 1. The molecule has 0 fully saturated rings. The van der Waals surface area contributed by atoms with Gasteiger partial charge in [0.15, 0.2) is 0 Å². The number of hydrogen-bond donors (Lipinski definition) is 3. The van der Waals surface area contributed by atoms with Crippen LogP contribution >= 0.6 is 7.82 Å². The van der Waals surface area contributed by atoms with Crippen LogP contribution in [0.5, 0.6) is 0 Å². The molecule has 9 nitrogen and oxygen atoms in total. The Kier molecular flexibility index (Phi) is 36.5. The van der Waals surface area contributed by atoms with Crippen LogP contribution in [0.1, 0.15) is 149 Å². The molecule has 0 saturated heterocycles. The SMILES string of the molecule is CC/C=C\C/C=C\C/C=C\CCCCCCCC(=O)OC(COCCCCCCCC/C=C\C/C=C\CCCC)COP(=O)(O)OCC(O)CO. The number of hydrogen-bond acceptors (Lipinski definition) is 8. The lowest BCUT2D eigenvalue weighted by Crippen LogP contribution is -2.29. The van der Waals surface area contributed by atoms with Crippen molar-refractivity contribution in [3.63, 3.8) is 0 Å². The number of rotatable bonds is 37. The van der Waals surface area contributed by atoms with E-state index >= 15 is 0 Å². The molecule has 0 amide bonds. The average Bonchev–Trinajstić information content (AvgIpc) is 3.12. The van der Waals surface area contributed by atoms with Crippen molar-refractivity contribution in [2.24, 2.45) is 0 Å². The summed E-state index contributed by atoms with van der Waals surface area (Å²) < 4.78 is 33.2. The Hall–Kier alpha value is -1.84. The van der Waals surface area contributed by atoms with Crippen LogP contribution < -0.4 is 0 Å². The Morgan fingerprint density at radius 1 is 0.627 bits per heavy atom. The second-order valence-electron chi connectivity index (χ2n) is 12.9. The van der Waals surface area contributed by atoms with E-state index in [1.54, 1.807) is 0 Å². The maximum absolute atomic E-state index is 12.6. The third-order valence-electron chi connectivity index (χ3n) is 7.94. The normalized spacial score (nSPS) is 14.8. The summed E-state index contributed by atoms with van der Waals surface area (Å²) in [5.74, 6) is -0.406. The second-order valence-corrected chi connectivity index (χ2v) is 14.4. The Morgan fingerprint density at radius 2 is 1.12 bits per heavy atom. The quantitative estimate of drug-likeness (QED) is 0.0246. The summed E-state index contributed by atoms with van der Waals surface area (Å²) in [6.07, 6.45) is 41.7. The van der Waals surface area contributed by atoms with E-state index in [9.17, 15) is 19.4 Å². The molecule has 0 aliphatic heterocycles. The minimum atomic E-state index is -4.52. The van der Waals surface area contributed by atoms with Crippen molar-refractivity contribution in [2.75, 3.05) is 33.0 Å². The van der Waals surface area contributed by atoms with Gasteiger partial charge in [-0.15, -0.1) is 0 Å². The fourth-order valence-electron chi connectivity index (χ4n) is 4.91. The van der Waals surface area contributed by atoms with E-state index in [2.05, 4.69) is 74.6 Å². The van der Waals surface area contributed by atoms with Gasteiger partial charge in [0.25, 0.3) is 0 Å². The van der Waals surface area contributed by atoms with Gasteiger partial charge in [-0.2, -0.15) is 0 Å². The molecule has 0 aromatic carbocycles. The third-order valence-corrected chi connectivity index (χ3v) is 8.89. The van der Waals surface area contributed by atoms with Crippen molar-refractivity contribution in [3.8, 4) is 0 Å². The highest BCUT2D eigenvalue weighted by Gasteiger charge is 2.26. The largest absolute Gasteiger partial charge is 0.472 e. The van der Waals surface area contributed by atoms with Gasteiger partial charge in [-0.3, -0.25) is 13.8 Å². The fraction of sp³-hybridized carbons (Fsp3) is 0.732. The molecular weight excluding hydrogens is 667 g/mol. The molecule has 296 valence electrons. The van der Waals surface area contributed by atoms with E-state index in [1.165, 1.54) is 38.5 Å². The standard InChI is InChI=1S/C41H73O9P/c1-3-5-7-9-11-13-15-17-19-21-23-25-27-29-31-33-41(44)50-40(38-49-51(45,46)48-36-39(43)35-42)37-47-34-32-30-28-26-24-22-20-18-16-14-12-10-8-6-4-2/h5,7,10-13,16-19,39-40,42-43H,3-4,6,8-9,14-15,20-38H2,1-2H3,(H,45,46)/b7-5-,12-10-,13-11-,18-16-,19-17-. The minimum absolute atomic E-state index is 0.0321. The van der Waals surface area contributed by atoms with Crippen LogP contribution in [-0.4, -0.2) is 66.3 Å². The predicted molar refractivity (Wildman–Crippen MR) is 210 cm³/mol. The number of phosphoric acid groups is 1. The van der Waals surface area contributed by atoms with E-state index in [0.717, 1.165) is 83.5 Å². The van der Waals surface area contributed by atoms with Crippen molar-refractivity contribution in [1.29, 1.82) is 0 Å². The number of aliphatic hydroxyl groups excluding tert-OH is 2. The van der Waals surface area contributed by atoms with Crippen molar-refractivity contribution >= 4 is 13.8 Å². The molecule has 3 atom stereocenters. The van der Waals surface area contributed by atoms with Crippen LogP contribution in [-0.2, 0) is 27.9 Å². The van der Waals surface area contributed by atoms with Gasteiger partial charge >= 0.3 is 13.8 Å². The van der Waals surface area contributed by atoms with Gasteiger partial charge in [0, 0.05) is 13.0 Å². The summed E-state index contributed by atoms with van der Waals surface area (Å²) in [4.78, 5) is 22.5. The third kappa shape index (κ3) is 37.7. The van der Waals surface area contributed by atoms with Gasteiger partial charge in [-0.05, 0) is 70.6 Å². The summed E-state index contributed by atoms with van der Waals surface area (Å²) in [6.45, 7) is 3.29. The maximum atomic E-state index is 12.6. The maximum Gasteiger partial charge on any atom is 0.472 e. The van der Waals surface area contributed by atoms with E-state index < -0.39 is 45.8 Å². The van der Waals surface area contributed by atoms with Gasteiger partial charge in [0.05, 0.1) is 26.4 Å². The van der Waals surface area contributed by atoms with Crippen molar-refractivity contribution in [1.82, 2.24) is 0 Å². The number of phosphoric ester groups is 1. The first-order valence-electron chi connectivity index (χ1n) is 19.8. The molecule has 0 rings (SSSR count). The first kappa shape index (κ1) is 49.2. The molecule has 0 saturated carbocycles. The molecule has 0 aliphatic rings. The number of esters is 1. The van der Waals surface area contributed by atoms with Gasteiger partial charge in [0.1, 0.15) is 12.2 Å². The number of unbranched alkanes of at least 4 members (excludes halogenated alkanes) is 13. The molecule has 0 aromatic heterocycles. The van der Waals surface area contributed by atoms with Crippen molar-refractivity contribution < 1.29 is 43.0 Å². The molecular formula is C41H73O9P. The molecule has 3 unspecified atom stereocenters. The number of carbonyl (C=O) groups excluding carboxylic acids is 1. The minimum Gasteiger partial charge on any atom is -0.457 e. The molecule has 0 aliphatic carbocycles. The first-order valence-corrected chi connectivity index (χ1v) is 21.3. The Balaban J connectivity index is 4.28. The highest BCUT2D eigenvalue weighted by molar-refractivity contribution is 7.47. The summed E-state index contributed by atoms with van der Waals surface area (Å²) in [5.41, 5.74) is 0. The van der Waals surface area contributed by atoms with Gasteiger partial charge < -0.3 is 24.6 Å². The smallest absolute Gasteiger partial charge is 0.457 e. The molecule has 0 heterocycles. The molecule has 51 heavy (non-hydrogen) atoms. The van der Waals surface area contributed by atoms with Gasteiger partial charge in [0.2, 0.25) is 0 Å². The van der Waals surface area contributed by atoms with Gasteiger partial charge in [-0.25, -0.2) is 4.57 Å². The Morgan fingerprint density at radius 3 is 1.69 bits per heavy atom. The van der Waals surface area contributed by atoms with Crippen LogP contribution in [0.4, 0.5) is 0 Å².